The van der Waals surface area contributed by atoms with E-state index in [1.165, 1.54) is 6.42 Å². The van der Waals surface area contributed by atoms with Gasteiger partial charge in [-0.2, -0.15) is 0 Å². The third kappa shape index (κ3) is 4.78. The van der Waals surface area contributed by atoms with Gasteiger partial charge >= 0.3 is 0 Å². The van der Waals surface area contributed by atoms with Crippen molar-refractivity contribution in [1.82, 2.24) is 0 Å². The molecule has 0 aliphatic heterocycles. The van der Waals surface area contributed by atoms with Gasteiger partial charge in [0.05, 0.1) is 12.3 Å². The van der Waals surface area contributed by atoms with Crippen molar-refractivity contribution in [2.24, 2.45) is 0 Å². The number of halogens is 1. The molecule has 0 atom stereocenters. The predicted molar refractivity (Wildman–Crippen MR) is 74.7 cm³/mol. The Morgan fingerprint density at radius 2 is 2.06 bits per heavy atom. The van der Waals surface area contributed by atoms with Crippen LogP contribution in [0.2, 0.25) is 0 Å². The predicted octanol–water partition coefficient (Wildman–Crippen LogP) is 4.38. The average molecular weight is 251 g/mol. The van der Waals surface area contributed by atoms with Crippen LogP contribution >= 0.6 is 0 Å². The largest absolute Gasteiger partial charge is 0.490 e. The van der Waals surface area contributed by atoms with Gasteiger partial charge in [0, 0.05) is 7.05 Å². The number of hydrogen-bond acceptors (Lipinski definition) is 2. The van der Waals surface area contributed by atoms with Crippen LogP contribution in [0.4, 0.5) is 10.1 Å². The lowest BCUT2D eigenvalue weighted by Gasteiger charge is -2.09. The fraction of sp³-hybridized carbons (Fsp3) is 0.467. The first kappa shape index (κ1) is 14.6. The van der Waals surface area contributed by atoms with E-state index in [4.69, 9.17) is 4.74 Å². The molecule has 1 aromatic rings. The Hall–Kier alpha value is -1.51. The second kappa shape index (κ2) is 8.56. The van der Waals surface area contributed by atoms with Gasteiger partial charge in [-0.3, -0.25) is 0 Å². The highest BCUT2D eigenvalue weighted by molar-refractivity contribution is 5.49. The fourth-order valence-corrected chi connectivity index (χ4v) is 1.60. The van der Waals surface area contributed by atoms with Crippen LogP contribution in [0, 0.1) is 5.82 Å². The van der Waals surface area contributed by atoms with Crippen molar-refractivity contribution in [1.29, 1.82) is 0 Å². The summed E-state index contributed by atoms with van der Waals surface area (Å²) in [6, 6.07) is 5.13. The molecule has 0 saturated carbocycles. The molecule has 2 nitrogen and oxygen atoms in total. The molecule has 1 aromatic carbocycles. The van der Waals surface area contributed by atoms with E-state index >= 15 is 0 Å². The van der Waals surface area contributed by atoms with Crippen LogP contribution in [0.3, 0.4) is 0 Å². The van der Waals surface area contributed by atoms with Crippen molar-refractivity contribution in [3.05, 3.63) is 36.2 Å². The lowest BCUT2D eigenvalue weighted by molar-refractivity contribution is 0.297. The molecule has 0 saturated heterocycles. The van der Waals surface area contributed by atoms with Gasteiger partial charge in [-0.1, -0.05) is 31.6 Å². The van der Waals surface area contributed by atoms with Gasteiger partial charge in [-0.05, 0) is 31.4 Å². The SMILES string of the molecule is CCCC=CCCCOc1cccc(NC)c1F. The number of unbranched alkanes of at least 4 members (excludes halogenated alkanes) is 2. The summed E-state index contributed by atoms with van der Waals surface area (Å²) in [4.78, 5) is 0. The Bertz CT molecular complexity index is 377. The molecule has 18 heavy (non-hydrogen) atoms. The van der Waals surface area contributed by atoms with E-state index in [9.17, 15) is 4.39 Å². The van der Waals surface area contributed by atoms with Crippen LogP contribution < -0.4 is 10.1 Å². The van der Waals surface area contributed by atoms with Crippen molar-refractivity contribution < 1.29 is 9.13 Å². The maximum atomic E-state index is 13.7. The molecular formula is C15H22FNO. The molecule has 0 bridgehead atoms. The molecule has 0 heterocycles. The average Bonchev–Trinajstić information content (AvgIpc) is 2.39. The van der Waals surface area contributed by atoms with Gasteiger partial charge in [0.15, 0.2) is 11.6 Å². The van der Waals surface area contributed by atoms with Gasteiger partial charge in [0.25, 0.3) is 0 Å². The summed E-state index contributed by atoms with van der Waals surface area (Å²) in [5, 5.41) is 2.79. The quantitative estimate of drug-likeness (QED) is 0.546. The van der Waals surface area contributed by atoms with Gasteiger partial charge < -0.3 is 10.1 Å². The number of rotatable bonds is 8. The second-order valence-corrected chi connectivity index (χ2v) is 4.12. The minimum atomic E-state index is -0.318. The maximum absolute atomic E-state index is 13.7. The second-order valence-electron chi connectivity index (χ2n) is 4.12. The van der Waals surface area contributed by atoms with Crippen LogP contribution in [0.5, 0.6) is 5.75 Å². The summed E-state index contributed by atoms with van der Waals surface area (Å²) >= 11 is 0. The van der Waals surface area contributed by atoms with E-state index in [0.717, 1.165) is 19.3 Å². The first-order valence-electron chi connectivity index (χ1n) is 6.53. The van der Waals surface area contributed by atoms with E-state index in [1.807, 2.05) is 0 Å². The minimum Gasteiger partial charge on any atom is -0.490 e. The Labute approximate surface area is 109 Å². The van der Waals surface area contributed by atoms with E-state index in [-0.39, 0.29) is 5.82 Å². The van der Waals surface area contributed by atoms with Crippen molar-refractivity contribution in [2.45, 2.75) is 32.6 Å². The standard InChI is InChI=1S/C15H22FNO/c1-3-4-5-6-7-8-12-18-14-11-9-10-13(17-2)15(14)16/h5-6,9-11,17H,3-4,7-8,12H2,1-2H3. The Balaban J connectivity index is 2.31. The molecule has 0 unspecified atom stereocenters. The molecule has 0 aromatic heterocycles. The zero-order valence-electron chi connectivity index (χ0n) is 11.2. The molecule has 3 heteroatoms. The van der Waals surface area contributed by atoms with Gasteiger partial charge in [0.1, 0.15) is 0 Å². The van der Waals surface area contributed by atoms with Crippen molar-refractivity contribution in [2.75, 3.05) is 19.0 Å². The molecule has 0 aliphatic carbocycles. The first-order valence-corrected chi connectivity index (χ1v) is 6.53. The number of hydrogen-bond donors (Lipinski definition) is 1. The van der Waals surface area contributed by atoms with Crippen LogP contribution in [-0.4, -0.2) is 13.7 Å². The third-order valence-corrected chi connectivity index (χ3v) is 2.63. The van der Waals surface area contributed by atoms with Crippen molar-refractivity contribution in [3.63, 3.8) is 0 Å². The molecule has 1 N–H and O–H groups in total. The highest BCUT2D eigenvalue weighted by Crippen LogP contribution is 2.24. The van der Waals surface area contributed by atoms with Crippen LogP contribution in [0.25, 0.3) is 0 Å². The highest BCUT2D eigenvalue weighted by Gasteiger charge is 2.06. The number of allylic oxidation sites excluding steroid dienone is 2. The fourth-order valence-electron chi connectivity index (χ4n) is 1.60. The molecule has 0 fully saturated rings. The monoisotopic (exact) mass is 251 g/mol. The molecule has 1 rings (SSSR count). The number of nitrogens with one attached hydrogen (secondary N) is 1. The molecular weight excluding hydrogens is 229 g/mol. The minimum absolute atomic E-state index is 0.318. The zero-order chi connectivity index (χ0) is 13.2. The molecule has 0 radical (unpaired) electrons. The van der Waals surface area contributed by atoms with Crippen molar-refractivity contribution >= 4 is 5.69 Å². The third-order valence-electron chi connectivity index (χ3n) is 2.63. The molecule has 0 amide bonds. The Kier molecular flexibility index (Phi) is 6.92. The number of anilines is 1. The zero-order valence-corrected chi connectivity index (χ0v) is 11.2. The Morgan fingerprint density at radius 3 is 2.78 bits per heavy atom. The van der Waals surface area contributed by atoms with E-state index < -0.39 is 0 Å². The number of benzene rings is 1. The lowest BCUT2D eigenvalue weighted by Crippen LogP contribution is -2.01. The van der Waals surface area contributed by atoms with E-state index in [0.29, 0.717) is 18.0 Å². The Morgan fingerprint density at radius 1 is 1.28 bits per heavy atom. The van der Waals surface area contributed by atoms with Gasteiger partial charge in [-0.25, -0.2) is 4.39 Å². The van der Waals surface area contributed by atoms with Gasteiger partial charge in [-0.15, -0.1) is 0 Å². The normalized spacial score (nSPS) is 10.8. The topological polar surface area (TPSA) is 21.3 Å². The summed E-state index contributed by atoms with van der Waals surface area (Å²) in [5.41, 5.74) is 0.468. The summed E-state index contributed by atoms with van der Waals surface area (Å²) < 4.78 is 19.2. The molecule has 0 aliphatic rings. The van der Waals surface area contributed by atoms with Crippen LogP contribution in [0.1, 0.15) is 32.6 Å². The lowest BCUT2D eigenvalue weighted by atomic mass is 10.2. The van der Waals surface area contributed by atoms with E-state index in [1.54, 1.807) is 25.2 Å². The van der Waals surface area contributed by atoms with Crippen LogP contribution in [-0.2, 0) is 0 Å². The van der Waals surface area contributed by atoms with Gasteiger partial charge in [0.2, 0.25) is 0 Å². The summed E-state index contributed by atoms with van der Waals surface area (Å²) in [5.74, 6) is 0.000845. The van der Waals surface area contributed by atoms with Crippen molar-refractivity contribution in [3.8, 4) is 5.75 Å². The molecule has 100 valence electrons. The maximum Gasteiger partial charge on any atom is 0.188 e. The summed E-state index contributed by atoms with van der Waals surface area (Å²) in [6.07, 6.45) is 8.53. The summed E-state index contributed by atoms with van der Waals surface area (Å²) in [6.45, 7) is 2.70. The van der Waals surface area contributed by atoms with E-state index in [2.05, 4.69) is 24.4 Å². The highest BCUT2D eigenvalue weighted by atomic mass is 19.1. The summed E-state index contributed by atoms with van der Waals surface area (Å²) in [7, 11) is 1.70. The van der Waals surface area contributed by atoms with Crippen LogP contribution in [0.15, 0.2) is 30.4 Å². The molecule has 0 spiro atoms. The number of ether oxygens (including phenoxy) is 1. The smallest absolute Gasteiger partial charge is 0.188 e. The first-order chi connectivity index (χ1) is 8.79.